The predicted molar refractivity (Wildman–Crippen MR) is 160 cm³/mol. The number of phenolic OH excluding ortho intramolecular Hbond substituents is 1. The average Bonchev–Trinajstić information content (AvgIpc) is 3.38. The molecule has 0 bridgehead atoms. The number of aromatic hydroxyl groups is 1. The van der Waals surface area contributed by atoms with Crippen LogP contribution in [0.15, 0.2) is 109 Å². The summed E-state index contributed by atoms with van der Waals surface area (Å²) in [6.07, 6.45) is 1.89. The first-order valence-corrected chi connectivity index (χ1v) is 13.5. The predicted octanol–water partition coefficient (Wildman–Crippen LogP) is 9.36. The van der Waals surface area contributed by atoms with Gasteiger partial charge in [-0.3, -0.25) is 4.98 Å². The minimum absolute atomic E-state index is 0.0568. The molecule has 0 saturated carbocycles. The first-order chi connectivity index (χ1) is 18.4. The molecule has 2 aromatic heterocycles. The van der Waals surface area contributed by atoms with E-state index >= 15 is 0 Å². The van der Waals surface area contributed by atoms with Crippen LogP contribution in [0.4, 0.5) is 0 Å². The van der Waals surface area contributed by atoms with Gasteiger partial charge < -0.3 is 5.11 Å². The maximum Gasteiger partial charge on any atom is 0.128 e. The summed E-state index contributed by atoms with van der Waals surface area (Å²) >= 11 is 1.60. The highest BCUT2D eigenvalue weighted by Crippen LogP contribution is 2.40. The van der Waals surface area contributed by atoms with Crippen LogP contribution in [0.3, 0.4) is 0 Å². The molecule has 2 heterocycles. The lowest BCUT2D eigenvalue weighted by atomic mass is 9.87. The molecule has 186 valence electrons. The minimum Gasteiger partial charge on any atom is -0.507 e. The maximum atomic E-state index is 10.7. The average molecular weight is 513 g/mol. The number of aromatic nitrogens is 2. The number of phenols is 1. The van der Waals surface area contributed by atoms with E-state index in [1.165, 1.54) is 5.56 Å². The van der Waals surface area contributed by atoms with Crippen LogP contribution in [0.2, 0.25) is 0 Å². The molecule has 0 saturated heterocycles. The van der Waals surface area contributed by atoms with E-state index in [9.17, 15) is 5.11 Å². The van der Waals surface area contributed by atoms with E-state index < -0.39 is 0 Å². The van der Waals surface area contributed by atoms with Crippen LogP contribution in [0.5, 0.6) is 5.75 Å². The van der Waals surface area contributed by atoms with Gasteiger partial charge in [-0.1, -0.05) is 87.5 Å². The first kappa shape index (κ1) is 24.1. The second-order valence-corrected chi connectivity index (χ2v) is 11.6. The van der Waals surface area contributed by atoms with Crippen molar-refractivity contribution in [2.24, 2.45) is 0 Å². The van der Waals surface area contributed by atoms with Crippen molar-refractivity contribution in [3.05, 3.63) is 115 Å². The number of benzene rings is 4. The third-order valence-corrected chi connectivity index (χ3v) is 7.90. The number of rotatable bonds is 4. The molecule has 0 aliphatic rings. The van der Waals surface area contributed by atoms with Gasteiger partial charge in [0.05, 0.1) is 21.5 Å². The molecular weight excluding hydrogens is 484 g/mol. The van der Waals surface area contributed by atoms with Crippen LogP contribution < -0.4 is 0 Å². The van der Waals surface area contributed by atoms with Gasteiger partial charge in [0.25, 0.3) is 0 Å². The Bertz CT molecular complexity index is 1760. The second kappa shape index (κ2) is 9.55. The van der Waals surface area contributed by atoms with Crippen molar-refractivity contribution in [2.45, 2.75) is 26.2 Å². The molecule has 3 nitrogen and oxygen atoms in total. The zero-order chi connectivity index (χ0) is 26.3. The molecule has 0 fully saturated rings. The number of pyridine rings is 1. The fourth-order valence-electron chi connectivity index (χ4n) is 4.72. The molecule has 6 aromatic rings. The van der Waals surface area contributed by atoms with Crippen LogP contribution >= 0.6 is 11.3 Å². The van der Waals surface area contributed by atoms with Crippen molar-refractivity contribution in [1.29, 1.82) is 0 Å². The summed E-state index contributed by atoms with van der Waals surface area (Å²) in [6.45, 7) is 6.66. The summed E-state index contributed by atoms with van der Waals surface area (Å²) in [5.74, 6) is 0.233. The van der Waals surface area contributed by atoms with Gasteiger partial charge in [-0.05, 0) is 64.1 Å². The van der Waals surface area contributed by atoms with Gasteiger partial charge in [-0.25, -0.2) is 4.98 Å². The van der Waals surface area contributed by atoms with E-state index in [1.807, 2.05) is 36.5 Å². The molecular formula is C34H28N2OS. The van der Waals surface area contributed by atoms with E-state index in [1.54, 1.807) is 17.4 Å². The molecule has 0 aliphatic heterocycles. The third-order valence-electron chi connectivity index (χ3n) is 6.85. The quantitative estimate of drug-likeness (QED) is 0.256. The van der Waals surface area contributed by atoms with E-state index in [-0.39, 0.29) is 11.2 Å². The van der Waals surface area contributed by atoms with Gasteiger partial charge in [0.1, 0.15) is 10.8 Å². The van der Waals surface area contributed by atoms with Gasteiger partial charge in [-0.2, -0.15) is 0 Å². The van der Waals surface area contributed by atoms with Crippen molar-refractivity contribution >= 4 is 21.6 Å². The monoisotopic (exact) mass is 512 g/mol. The van der Waals surface area contributed by atoms with Crippen LogP contribution in [0, 0.1) is 0 Å². The van der Waals surface area contributed by atoms with E-state index in [4.69, 9.17) is 4.98 Å². The van der Waals surface area contributed by atoms with Crippen LogP contribution in [-0.2, 0) is 5.41 Å². The van der Waals surface area contributed by atoms with E-state index in [0.29, 0.717) is 0 Å². The number of fused-ring (bicyclic) bond motifs is 1. The molecule has 6 rings (SSSR count). The Morgan fingerprint density at radius 3 is 2.24 bits per heavy atom. The van der Waals surface area contributed by atoms with E-state index in [0.717, 1.165) is 54.3 Å². The second-order valence-electron chi connectivity index (χ2n) is 10.5. The summed E-state index contributed by atoms with van der Waals surface area (Å²) in [5, 5.41) is 11.6. The van der Waals surface area contributed by atoms with Gasteiger partial charge in [0.2, 0.25) is 0 Å². The topological polar surface area (TPSA) is 46.0 Å². The standard InChI is InChI=1S/C34H28N2OS/c1-34(2,3)26-17-18-35-29(21-26)25-12-7-11-24(19-25)27-13-8-14-31-32(27)36-33(38-31)28-20-23(15-16-30(28)37)22-9-5-4-6-10-22/h4-21,37H,1-3H3. The highest BCUT2D eigenvalue weighted by Gasteiger charge is 2.17. The number of nitrogens with zero attached hydrogens (tertiary/aromatic N) is 2. The Morgan fingerprint density at radius 2 is 1.42 bits per heavy atom. The van der Waals surface area contributed by atoms with Gasteiger partial charge >= 0.3 is 0 Å². The molecule has 1 N–H and O–H groups in total. The summed E-state index contributed by atoms with van der Waals surface area (Å²) < 4.78 is 1.08. The Balaban J connectivity index is 1.43. The van der Waals surface area contributed by atoms with Crippen molar-refractivity contribution < 1.29 is 5.11 Å². The molecule has 4 aromatic carbocycles. The van der Waals surface area contributed by atoms with Gasteiger partial charge in [0, 0.05) is 17.3 Å². The SMILES string of the molecule is CC(C)(C)c1ccnc(-c2cccc(-c3cccc4sc(-c5cc(-c6ccccc6)ccc5O)nc34)c2)c1. The molecule has 0 radical (unpaired) electrons. The number of hydrogen-bond donors (Lipinski definition) is 1. The summed E-state index contributed by atoms with van der Waals surface area (Å²) in [4.78, 5) is 9.71. The normalized spacial score (nSPS) is 11.7. The number of thiazole rings is 1. The summed E-state index contributed by atoms with van der Waals surface area (Å²) in [7, 11) is 0. The Labute approximate surface area is 227 Å². The fraction of sp³-hybridized carbons (Fsp3) is 0.118. The third kappa shape index (κ3) is 4.59. The number of hydrogen-bond acceptors (Lipinski definition) is 4. The van der Waals surface area contributed by atoms with Crippen molar-refractivity contribution in [1.82, 2.24) is 9.97 Å². The largest absolute Gasteiger partial charge is 0.507 e. The van der Waals surface area contributed by atoms with Crippen LogP contribution in [-0.4, -0.2) is 15.1 Å². The molecule has 38 heavy (non-hydrogen) atoms. The lowest BCUT2D eigenvalue weighted by Gasteiger charge is -2.19. The minimum atomic E-state index is 0.0568. The Morgan fingerprint density at radius 1 is 0.658 bits per heavy atom. The van der Waals surface area contributed by atoms with Gasteiger partial charge in [0.15, 0.2) is 0 Å². The highest BCUT2D eigenvalue weighted by molar-refractivity contribution is 7.21. The molecule has 4 heteroatoms. The molecule has 0 unspecified atom stereocenters. The zero-order valence-corrected chi connectivity index (χ0v) is 22.5. The van der Waals surface area contributed by atoms with Crippen LogP contribution in [0.1, 0.15) is 26.3 Å². The highest BCUT2D eigenvalue weighted by atomic mass is 32.1. The molecule has 0 spiro atoms. The zero-order valence-electron chi connectivity index (χ0n) is 21.6. The van der Waals surface area contributed by atoms with Crippen molar-refractivity contribution in [3.63, 3.8) is 0 Å². The lowest BCUT2D eigenvalue weighted by molar-refractivity contribution is 0.477. The summed E-state index contributed by atoms with van der Waals surface area (Å²) in [6, 6.07) is 35.0. The van der Waals surface area contributed by atoms with Crippen molar-refractivity contribution in [3.8, 4) is 49.8 Å². The van der Waals surface area contributed by atoms with Crippen LogP contribution in [0.25, 0.3) is 54.3 Å². The molecule has 0 aliphatic carbocycles. The smallest absolute Gasteiger partial charge is 0.128 e. The fourth-order valence-corrected chi connectivity index (χ4v) is 5.73. The van der Waals surface area contributed by atoms with Crippen molar-refractivity contribution in [2.75, 3.05) is 0 Å². The first-order valence-electron chi connectivity index (χ1n) is 12.7. The number of para-hydroxylation sites is 1. The maximum absolute atomic E-state index is 10.7. The summed E-state index contributed by atoms with van der Waals surface area (Å²) in [5.41, 5.74) is 9.36. The molecule has 0 amide bonds. The van der Waals surface area contributed by atoms with E-state index in [2.05, 4.69) is 92.5 Å². The lowest BCUT2D eigenvalue weighted by Crippen LogP contribution is -2.11. The Kier molecular flexibility index (Phi) is 6.05. The van der Waals surface area contributed by atoms with Gasteiger partial charge in [-0.15, -0.1) is 11.3 Å². The Hall–Kier alpha value is -4.28. The molecule has 0 atom stereocenters.